The molecule has 1 aromatic rings. The number of aliphatic hydroxyl groups excluding tert-OH is 1. The van der Waals surface area contributed by atoms with Crippen molar-refractivity contribution in [3.8, 4) is 0 Å². The van der Waals surface area contributed by atoms with Crippen LogP contribution < -0.4 is 5.73 Å². The van der Waals surface area contributed by atoms with Crippen molar-refractivity contribution in [1.29, 1.82) is 0 Å². The van der Waals surface area contributed by atoms with Crippen LogP contribution in [0.3, 0.4) is 0 Å². The predicted molar refractivity (Wildman–Crippen MR) is 73.5 cm³/mol. The molecule has 0 bridgehead atoms. The number of hydrogen-bond acceptors (Lipinski definition) is 2. The lowest BCUT2D eigenvalue weighted by Crippen LogP contribution is -2.27. The van der Waals surface area contributed by atoms with E-state index in [-0.39, 0.29) is 24.0 Å². The number of halogens is 6. The highest BCUT2D eigenvalue weighted by Crippen LogP contribution is 2.37. The highest BCUT2D eigenvalue weighted by Gasteiger charge is 2.37. The van der Waals surface area contributed by atoms with E-state index in [1.54, 1.807) is 0 Å². The molecule has 2 atom stereocenters. The van der Waals surface area contributed by atoms with Crippen LogP contribution in [0.4, 0.5) is 26.3 Å². The molecule has 2 nitrogen and oxygen atoms in total. The highest BCUT2D eigenvalue weighted by molar-refractivity contribution is 5.35. The Balaban J connectivity index is 3.19. The lowest BCUT2D eigenvalue weighted by atomic mass is 9.93. The van der Waals surface area contributed by atoms with Gasteiger partial charge in [0.25, 0.3) is 0 Å². The normalized spacial score (nSPS) is 15.8. The summed E-state index contributed by atoms with van der Waals surface area (Å²) in [7, 11) is 0. The van der Waals surface area contributed by atoms with E-state index in [1.165, 1.54) is 0 Å². The summed E-state index contributed by atoms with van der Waals surface area (Å²) in [6.45, 7) is 3.76. The molecule has 0 spiro atoms. The summed E-state index contributed by atoms with van der Waals surface area (Å²) >= 11 is 0. The molecule has 0 amide bonds. The summed E-state index contributed by atoms with van der Waals surface area (Å²) in [6.07, 6.45) is -10.3. The molecule has 3 N–H and O–H groups in total. The second kappa shape index (κ2) is 7.09. The van der Waals surface area contributed by atoms with Gasteiger partial charge in [0.2, 0.25) is 0 Å². The minimum atomic E-state index is -4.93. The summed E-state index contributed by atoms with van der Waals surface area (Å²) in [5, 5.41) is 9.92. The fourth-order valence-corrected chi connectivity index (χ4v) is 2.08. The van der Waals surface area contributed by atoms with Gasteiger partial charge in [-0.2, -0.15) is 26.3 Å². The van der Waals surface area contributed by atoms with Gasteiger partial charge < -0.3 is 10.8 Å². The Morgan fingerprint density at radius 2 is 1.35 bits per heavy atom. The number of benzene rings is 1. The third-order valence-electron chi connectivity index (χ3n) is 3.45. The summed E-state index contributed by atoms with van der Waals surface area (Å²) < 4.78 is 76.7. The number of rotatable bonds is 5. The van der Waals surface area contributed by atoms with Crippen LogP contribution in [-0.4, -0.2) is 11.2 Å². The van der Waals surface area contributed by atoms with Crippen LogP contribution in [0.25, 0.3) is 0 Å². The second-order valence-corrected chi connectivity index (χ2v) is 5.90. The monoisotopic (exact) mass is 343 g/mol. The number of nitrogens with two attached hydrogens (primary N) is 1. The summed E-state index contributed by atoms with van der Waals surface area (Å²) in [5.41, 5.74) is 2.41. The fourth-order valence-electron chi connectivity index (χ4n) is 2.08. The maximum absolute atomic E-state index is 12.8. The molecule has 0 aliphatic heterocycles. The van der Waals surface area contributed by atoms with Gasteiger partial charge in [0, 0.05) is 0 Å². The molecule has 0 heterocycles. The quantitative estimate of drug-likeness (QED) is 0.772. The first-order chi connectivity index (χ1) is 10.3. The van der Waals surface area contributed by atoms with Crippen LogP contribution in [0.1, 0.15) is 49.4 Å². The van der Waals surface area contributed by atoms with E-state index in [2.05, 4.69) is 0 Å². The fraction of sp³-hybridized carbons (Fsp3) is 0.600. The van der Waals surface area contributed by atoms with E-state index in [1.807, 2.05) is 13.8 Å². The van der Waals surface area contributed by atoms with Gasteiger partial charge in [-0.1, -0.05) is 13.8 Å². The minimum absolute atomic E-state index is 0.0384. The molecule has 0 fully saturated rings. The van der Waals surface area contributed by atoms with Crippen molar-refractivity contribution in [1.82, 2.24) is 0 Å². The first kappa shape index (κ1) is 19.8. The van der Waals surface area contributed by atoms with Crippen molar-refractivity contribution in [2.24, 2.45) is 11.7 Å². The van der Waals surface area contributed by atoms with Crippen LogP contribution in [0.2, 0.25) is 0 Å². The lowest BCUT2D eigenvalue weighted by Gasteiger charge is -2.22. The van der Waals surface area contributed by atoms with Gasteiger partial charge in [0.1, 0.15) is 0 Å². The van der Waals surface area contributed by atoms with Gasteiger partial charge in [0.05, 0.1) is 23.3 Å². The smallest absolute Gasteiger partial charge is 0.391 e. The zero-order chi connectivity index (χ0) is 18.0. The van der Waals surface area contributed by atoms with Crippen molar-refractivity contribution in [3.63, 3.8) is 0 Å². The van der Waals surface area contributed by atoms with Crippen LogP contribution in [-0.2, 0) is 12.4 Å². The molecule has 0 aliphatic carbocycles. The van der Waals surface area contributed by atoms with Crippen LogP contribution in [0, 0.1) is 5.92 Å². The Bertz CT molecular complexity index is 491. The average Bonchev–Trinajstić information content (AvgIpc) is 2.41. The largest absolute Gasteiger partial charge is 0.416 e. The second-order valence-electron chi connectivity index (χ2n) is 5.90. The lowest BCUT2D eigenvalue weighted by molar-refractivity contribution is -0.143. The van der Waals surface area contributed by atoms with E-state index in [9.17, 15) is 31.4 Å². The molecular formula is C15H19F6NO. The molecule has 132 valence electrons. The highest BCUT2D eigenvalue weighted by atomic mass is 19.4. The van der Waals surface area contributed by atoms with Crippen LogP contribution in [0.15, 0.2) is 18.2 Å². The molecule has 1 rings (SSSR count). The summed E-state index contributed by atoms with van der Waals surface area (Å²) in [4.78, 5) is 0. The summed E-state index contributed by atoms with van der Waals surface area (Å²) in [6, 6.07) is -0.176. The van der Waals surface area contributed by atoms with E-state index < -0.39 is 35.6 Å². The molecule has 8 heteroatoms. The average molecular weight is 343 g/mol. The summed E-state index contributed by atoms with van der Waals surface area (Å²) in [5.74, 6) is 0.226. The molecule has 0 aliphatic rings. The zero-order valence-corrected chi connectivity index (χ0v) is 12.7. The maximum atomic E-state index is 12.8. The number of alkyl halides is 6. The predicted octanol–water partition coefficient (Wildman–Crippen LogP) is 4.52. The Kier molecular flexibility index (Phi) is 6.09. The number of aliphatic hydroxyl groups is 1. The molecule has 1 aromatic carbocycles. The molecular weight excluding hydrogens is 324 g/mol. The van der Waals surface area contributed by atoms with Crippen LogP contribution >= 0.6 is 0 Å². The topological polar surface area (TPSA) is 46.2 Å². The van der Waals surface area contributed by atoms with E-state index in [0.717, 1.165) is 0 Å². The van der Waals surface area contributed by atoms with Gasteiger partial charge in [-0.25, -0.2) is 0 Å². The Hall–Kier alpha value is -1.28. The van der Waals surface area contributed by atoms with Gasteiger partial charge in [-0.05, 0) is 42.5 Å². The van der Waals surface area contributed by atoms with E-state index >= 15 is 0 Å². The van der Waals surface area contributed by atoms with Gasteiger partial charge in [0.15, 0.2) is 0 Å². The Morgan fingerprint density at radius 3 is 1.70 bits per heavy atom. The Morgan fingerprint density at radius 1 is 0.913 bits per heavy atom. The molecule has 0 aromatic heterocycles. The molecule has 0 saturated carbocycles. The zero-order valence-electron chi connectivity index (χ0n) is 12.7. The van der Waals surface area contributed by atoms with Crippen molar-refractivity contribution in [2.75, 3.05) is 0 Å². The third kappa shape index (κ3) is 5.69. The van der Waals surface area contributed by atoms with Crippen LogP contribution in [0.5, 0.6) is 0 Å². The van der Waals surface area contributed by atoms with Crippen molar-refractivity contribution in [3.05, 3.63) is 34.9 Å². The first-order valence-electron chi connectivity index (χ1n) is 7.05. The molecule has 23 heavy (non-hydrogen) atoms. The number of hydrogen-bond donors (Lipinski definition) is 2. The molecule has 0 radical (unpaired) electrons. The maximum Gasteiger partial charge on any atom is 0.416 e. The first-order valence-corrected chi connectivity index (χ1v) is 7.05. The minimum Gasteiger partial charge on any atom is -0.391 e. The van der Waals surface area contributed by atoms with E-state index in [4.69, 9.17) is 5.73 Å². The molecule has 0 saturated heterocycles. The third-order valence-corrected chi connectivity index (χ3v) is 3.45. The molecule has 0 unspecified atom stereocenters. The SMILES string of the molecule is CC(C)CC[C@@H](O)[C@@H](N)c1cc(C(F)(F)F)cc(C(F)(F)F)c1. The Labute approximate surface area is 130 Å². The van der Waals surface area contributed by atoms with E-state index in [0.29, 0.717) is 18.6 Å². The standard InChI is InChI=1S/C15H19F6NO/c1-8(2)3-4-12(23)13(22)9-5-10(14(16,17)18)7-11(6-9)15(19,20)21/h5-8,12-13,23H,3-4,22H2,1-2H3/t12-,13+/m1/s1. The van der Waals surface area contributed by atoms with Gasteiger partial charge >= 0.3 is 12.4 Å². The van der Waals surface area contributed by atoms with Gasteiger partial charge in [-0.3, -0.25) is 0 Å². The van der Waals surface area contributed by atoms with Crippen molar-refractivity contribution >= 4 is 0 Å². The van der Waals surface area contributed by atoms with Crippen molar-refractivity contribution in [2.45, 2.75) is 51.2 Å². The van der Waals surface area contributed by atoms with Crippen molar-refractivity contribution < 1.29 is 31.4 Å². The van der Waals surface area contributed by atoms with Gasteiger partial charge in [-0.15, -0.1) is 0 Å².